The van der Waals surface area contributed by atoms with Crippen LogP contribution < -0.4 is 10.1 Å². The van der Waals surface area contributed by atoms with Crippen molar-refractivity contribution in [2.24, 2.45) is 0 Å². The number of hydrogen-bond acceptors (Lipinski definition) is 5. The third-order valence-corrected chi connectivity index (χ3v) is 3.37. The van der Waals surface area contributed by atoms with Crippen molar-refractivity contribution in [1.82, 2.24) is 0 Å². The molecular formula is C19H17FN2O4. The molecular weight excluding hydrogens is 339 g/mol. The summed E-state index contributed by atoms with van der Waals surface area (Å²) in [4.78, 5) is 23.7. The summed E-state index contributed by atoms with van der Waals surface area (Å²) in [7, 11) is 0. The van der Waals surface area contributed by atoms with Crippen LogP contribution in [0.4, 0.5) is 10.1 Å². The van der Waals surface area contributed by atoms with Crippen molar-refractivity contribution in [3.63, 3.8) is 0 Å². The van der Waals surface area contributed by atoms with E-state index in [4.69, 9.17) is 14.7 Å². The molecule has 0 saturated heterocycles. The summed E-state index contributed by atoms with van der Waals surface area (Å²) in [5.74, 6) is -1.58. The Kier molecular flexibility index (Phi) is 6.28. The van der Waals surface area contributed by atoms with Gasteiger partial charge in [-0.1, -0.05) is 6.07 Å². The molecule has 0 aliphatic rings. The van der Waals surface area contributed by atoms with Gasteiger partial charge in [-0.15, -0.1) is 0 Å². The summed E-state index contributed by atoms with van der Waals surface area (Å²) in [6.07, 6.45) is -0.952. The first-order chi connectivity index (χ1) is 12.4. The molecule has 0 fully saturated rings. The molecule has 0 heterocycles. The van der Waals surface area contributed by atoms with Crippen molar-refractivity contribution in [3.8, 4) is 11.8 Å². The first kappa shape index (κ1) is 18.9. The van der Waals surface area contributed by atoms with E-state index < -0.39 is 30.4 Å². The number of amides is 1. The van der Waals surface area contributed by atoms with Crippen LogP contribution in [0.2, 0.25) is 0 Å². The fraction of sp³-hybridized carbons (Fsp3) is 0.211. The number of esters is 1. The number of anilines is 1. The lowest BCUT2D eigenvalue weighted by atomic mass is 10.2. The number of ether oxygens (including phenoxy) is 2. The Balaban J connectivity index is 1.82. The molecule has 1 N–H and O–H groups in total. The average Bonchev–Trinajstić information content (AvgIpc) is 2.62. The van der Waals surface area contributed by atoms with E-state index >= 15 is 0 Å². The molecule has 0 saturated carbocycles. The van der Waals surface area contributed by atoms with Gasteiger partial charge in [-0.25, -0.2) is 9.18 Å². The maximum atomic E-state index is 13.7. The number of hydrogen-bond donors (Lipinski definition) is 1. The monoisotopic (exact) mass is 356 g/mol. The number of carbonyl (C=O) groups is 2. The predicted octanol–water partition coefficient (Wildman–Crippen LogP) is 2.96. The van der Waals surface area contributed by atoms with E-state index in [2.05, 4.69) is 5.32 Å². The van der Waals surface area contributed by atoms with Gasteiger partial charge >= 0.3 is 5.97 Å². The lowest BCUT2D eigenvalue weighted by Crippen LogP contribution is -2.29. The van der Waals surface area contributed by atoms with Crippen LogP contribution in [0.25, 0.3) is 0 Å². The van der Waals surface area contributed by atoms with Crippen molar-refractivity contribution in [2.45, 2.75) is 20.0 Å². The van der Waals surface area contributed by atoms with Gasteiger partial charge < -0.3 is 14.8 Å². The minimum Gasteiger partial charge on any atom is -0.479 e. The lowest BCUT2D eigenvalue weighted by molar-refractivity contribution is -0.153. The summed E-state index contributed by atoms with van der Waals surface area (Å²) in [5, 5.41) is 11.1. The maximum Gasteiger partial charge on any atom is 0.347 e. The smallest absolute Gasteiger partial charge is 0.347 e. The van der Waals surface area contributed by atoms with Crippen LogP contribution >= 0.6 is 0 Å². The molecule has 0 aliphatic carbocycles. The van der Waals surface area contributed by atoms with E-state index in [-0.39, 0.29) is 5.69 Å². The van der Waals surface area contributed by atoms with Crippen LogP contribution in [0.5, 0.6) is 5.75 Å². The second kappa shape index (κ2) is 8.62. The zero-order valence-electron chi connectivity index (χ0n) is 14.3. The molecule has 0 bridgehead atoms. The topological polar surface area (TPSA) is 88.4 Å². The van der Waals surface area contributed by atoms with Crippen LogP contribution in [-0.2, 0) is 14.3 Å². The highest BCUT2D eigenvalue weighted by Crippen LogP contribution is 2.16. The first-order valence-corrected chi connectivity index (χ1v) is 7.78. The zero-order chi connectivity index (χ0) is 19.1. The zero-order valence-corrected chi connectivity index (χ0v) is 14.3. The fourth-order valence-corrected chi connectivity index (χ4v) is 2.02. The third-order valence-electron chi connectivity index (χ3n) is 3.37. The first-order valence-electron chi connectivity index (χ1n) is 7.78. The molecule has 1 atom stereocenters. The molecule has 0 aliphatic heterocycles. The Morgan fingerprint density at radius 2 is 1.92 bits per heavy atom. The number of halogens is 1. The molecule has 26 heavy (non-hydrogen) atoms. The molecule has 0 radical (unpaired) electrons. The van der Waals surface area contributed by atoms with E-state index in [0.717, 1.165) is 5.56 Å². The molecule has 0 unspecified atom stereocenters. The van der Waals surface area contributed by atoms with Gasteiger partial charge in [-0.3, -0.25) is 4.79 Å². The van der Waals surface area contributed by atoms with E-state index in [9.17, 15) is 14.0 Å². The second-order valence-electron chi connectivity index (χ2n) is 5.54. The van der Waals surface area contributed by atoms with Crippen molar-refractivity contribution in [1.29, 1.82) is 5.26 Å². The summed E-state index contributed by atoms with van der Waals surface area (Å²) in [6.45, 7) is 2.64. The van der Waals surface area contributed by atoms with Gasteiger partial charge in [0.2, 0.25) is 0 Å². The van der Waals surface area contributed by atoms with Crippen molar-refractivity contribution in [3.05, 3.63) is 59.4 Å². The number of nitrogens with one attached hydrogen (secondary N) is 1. The normalized spacial score (nSPS) is 11.2. The number of nitriles is 1. The van der Waals surface area contributed by atoms with Gasteiger partial charge in [0.15, 0.2) is 12.7 Å². The summed E-state index contributed by atoms with van der Waals surface area (Å²) < 4.78 is 23.9. The maximum absolute atomic E-state index is 13.7. The van der Waals surface area contributed by atoms with E-state index in [1.54, 1.807) is 37.3 Å². The fourth-order valence-electron chi connectivity index (χ4n) is 2.02. The van der Waals surface area contributed by atoms with Gasteiger partial charge in [0.1, 0.15) is 11.6 Å². The second-order valence-corrected chi connectivity index (χ2v) is 5.54. The molecule has 2 aromatic rings. The van der Waals surface area contributed by atoms with Gasteiger partial charge in [0, 0.05) is 0 Å². The molecule has 2 rings (SSSR count). The minimum atomic E-state index is -0.952. The molecule has 6 nitrogen and oxygen atoms in total. The average molecular weight is 356 g/mol. The van der Waals surface area contributed by atoms with Crippen molar-refractivity contribution >= 4 is 17.6 Å². The third kappa shape index (κ3) is 5.31. The molecule has 7 heteroatoms. The summed E-state index contributed by atoms with van der Waals surface area (Å²) in [6, 6.07) is 12.5. The van der Waals surface area contributed by atoms with Crippen LogP contribution in [0.15, 0.2) is 42.5 Å². The van der Waals surface area contributed by atoms with Crippen molar-refractivity contribution < 1.29 is 23.5 Å². The summed E-state index contributed by atoms with van der Waals surface area (Å²) in [5.41, 5.74) is 1.20. The number of rotatable bonds is 6. The van der Waals surface area contributed by atoms with Gasteiger partial charge in [0.25, 0.3) is 5.91 Å². The van der Waals surface area contributed by atoms with E-state index in [0.29, 0.717) is 11.3 Å². The molecule has 0 spiro atoms. The molecule has 2 aromatic carbocycles. The Labute approximate surface area is 150 Å². The van der Waals surface area contributed by atoms with Crippen LogP contribution in [0.3, 0.4) is 0 Å². The van der Waals surface area contributed by atoms with Gasteiger partial charge in [-0.2, -0.15) is 5.26 Å². The lowest BCUT2D eigenvalue weighted by Gasteiger charge is -2.14. The van der Waals surface area contributed by atoms with Crippen LogP contribution in [0, 0.1) is 24.1 Å². The number of benzene rings is 2. The minimum absolute atomic E-state index is 0.0125. The molecule has 0 aromatic heterocycles. The Hall–Kier alpha value is -3.40. The van der Waals surface area contributed by atoms with Gasteiger partial charge in [-0.05, 0) is 55.8 Å². The predicted molar refractivity (Wildman–Crippen MR) is 92.0 cm³/mol. The van der Waals surface area contributed by atoms with Crippen molar-refractivity contribution in [2.75, 3.05) is 11.9 Å². The molecule has 134 valence electrons. The highest BCUT2D eigenvalue weighted by Gasteiger charge is 2.18. The number of aryl methyl sites for hydroxylation is 1. The SMILES string of the molecule is Cc1ccc(NC(=O)COC(=O)[C@@H](C)Oc2ccc(C#N)cc2)c(F)c1. The van der Waals surface area contributed by atoms with E-state index in [1.165, 1.54) is 19.1 Å². The van der Waals surface area contributed by atoms with E-state index in [1.807, 2.05) is 6.07 Å². The van der Waals surface area contributed by atoms with Gasteiger partial charge in [0.05, 0.1) is 17.3 Å². The standard InChI is InChI=1S/C19H17FN2O4/c1-12-3-8-17(16(20)9-12)22-18(23)11-25-19(24)13(2)26-15-6-4-14(10-21)5-7-15/h3-9,13H,11H2,1-2H3,(H,22,23)/t13-/m1/s1. The quantitative estimate of drug-likeness (QED) is 0.804. The Morgan fingerprint density at radius 3 is 2.54 bits per heavy atom. The van der Waals surface area contributed by atoms with Crippen LogP contribution in [-0.4, -0.2) is 24.6 Å². The highest BCUT2D eigenvalue weighted by atomic mass is 19.1. The Bertz CT molecular complexity index is 844. The Morgan fingerprint density at radius 1 is 1.23 bits per heavy atom. The number of nitrogens with zero attached hydrogens (tertiary/aromatic N) is 1. The highest BCUT2D eigenvalue weighted by molar-refractivity contribution is 5.93. The number of carbonyl (C=O) groups excluding carboxylic acids is 2. The largest absolute Gasteiger partial charge is 0.479 e. The summed E-state index contributed by atoms with van der Waals surface area (Å²) >= 11 is 0. The molecule has 1 amide bonds. The van der Waals surface area contributed by atoms with Crippen LogP contribution in [0.1, 0.15) is 18.1 Å².